The van der Waals surface area contributed by atoms with Gasteiger partial charge >= 0.3 is 0 Å². The third-order valence-corrected chi connectivity index (χ3v) is 4.53. The Labute approximate surface area is 136 Å². The molecule has 0 atom stereocenters. The van der Waals surface area contributed by atoms with Crippen LogP contribution < -0.4 is 10.2 Å². The lowest BCUT2D eigenvalue weighted by Gasteiger charge is -2.26. The Bertz CT molecular complexity index is 550. The largest absolute Gasteiger partial charge is 0.346 e. The molecule has 0 radical (unpaired) electrons. The Hall–Kier alpha value is -0.550. The van der Waals surface area contributed by atoms with Crippen LogP contribution in [0.25, 0.3) is 10.2 Å². The number of nitrogens with one attached hydrogen (secondary N) is 1. The lowest BCUT2D eigenvalue weighted by atomic mass is 10.0. The number of halogens is 2. The molecule has 6 heteroatoms. The van der Waals surface area contributed by atoms with Crippen molar-refractivity contribution in [1.29, 1.82) is 0 Å². The smallest absolute Gasteiger partial charge is 0.186 e. The number of hydrogen-bond donors (Lipinski definition) is 1. The second kappa shape index (κ2) is 7.46. The molecule has 1 fully saturated rings. The maximum absolute atomic E-state index is 4.87. The molecule has 0 spiro atoms. The predicted octanol–water partition coefficient (Wildman–Crippen LogP) is 3.67. The molecule has 1 N–H and O–H groups in total. The van der Waals surface area contributed by atoms with Gasteiger partial charge in [-0.15, -0.1) is 24.8 Å². The van der Waals surface area contributed by atoms with E-state index in [1.165, 1.54) is 20.9 Å². The van der Waals surface area contributed by atoms with Gasteiger partial charge in [0.1, 0.15) is 0 Å². The van der Waals surface area contributed by atoms with Crippen molar-refractivity contribution in [2.45, 2.75) is 19.8 Å². The number of thiazole rings is 1. The average molecular weight is 334 g/mol. The fourth-order valence-corrected chi connectivity index (χ4v) is 3.47. The van der Waals surface area contributed by atoms with Gasteiger partial charge in [0.25, 0.3) is 0 Å². The summed E-state index contributed by atoms with van der Waals surface area (Å²) in [5, 5.41) is 4.56. The van der Waals surface area contributed by atoms with Crippen molar-refractivity contribution < 1.29 is 0 Å². The zero-order chi connectivity index (χ0) is 12.5. The van der Waals surface area contributed by atoms with Crippen LogP contribution in [-0.4, -0.2) is 31.2 Å². The van der Waals surface area contributed by atoms with Gasteiger partial charge in [-0.2, -0.15) is 0 Å². The molecule has 2 aromatic rings. The number of aromatic nitrogens is 1. The number of para-hydroxylation sites is 1. The molecule has 1 aromatic carbocycles. The molecule has 1 saturated heterocycles. The summed E-state index contributed by atoms with van der Waals surface area (Å²) in [7, 11) is 0. The summed E-state index contributed by atoms with van der Waals surface area (Å²) in [5.41, 5.74) is 2.57. The first-order chi connectivity index (χ1) is 8.75. The van der Waals surface area contributed by atoms with Crippen LogP contribution in [0.15, 0.2) is 18.2 Å². The minimum atomic E-state index is 0. The van der Waals surface area contributed by atoms with Gasteiger partial charge in [-0.05, 0) is 17.5 Å². The number of fused-ring (bicyclic) bond motifs is 1. The monoisotopic (exact) mass is 333 g/mol. The summed E-state index contributed by atoms with van der Waals surface area (Å²) in [5.74, 6) is 0.534. The molecule has 1 aromatic heterocycles. The standard InChI is InChI=1S/C14H19N3S.2ClH/c1-10(2)11-4-3-5-12-13(11)16-14(18-12)17-8-6-15-7-9-17;;/h3-5,10,15H,6-9H2,1-2H3;2*1H. The van der Waals surface area contributed by atoms with E-state index < -0.39 is 0 Å². The Morgan fingerprint density at radius 2 is 1.90 bits per heavy atom. The SMILES string of the molecule is CC(C)c1cccc2sc(N3CCNCC3)nc12.Cl.Cl. The summed E-state index contributed by atoms with van der Waals surface area (Å²) in [6.07, 6.45) is 0. The summed E-state index contributed by atoms with van der Waals surface area (Å²) < 4.78 is 1.31. The number of hydrogen-bond acceptors (Lipinski definition) is 4. The van der Waals surface area contributed by atoms with Crippen LogP contribution in [0.2, 0.25) is 0 Å². The van der Waals surface area contributed by atoms with E-state index in [1.54, 1.807) is 0 Å². The maximum atomic E-state index is 4.87. The highest BCUT2D eigenvalue weighted by molar-refractivity contribution is 7.22. The maximum Gasteiger partial charge on any atom is 0.186 e. The lowest BCUT2D eigenvalue weighted by Crippen LogP contribution is -2.43. The summed E-state index contributed by atoms with van der Waals surface area (Å²) in [6, 6.07) is 6.54. The second-order valence-corrected chi connectivity index (χ2v) is 6.09. The van der Waals surface area contributed by atoms with Crippen LogP contribution in [-0.2, 0) is 0 Å². The number of rotatable bonds is 2. The van der Waals surface area contributed by atoms with E-state index in [-0.39, 0.29) is 24.8 Å². The number of piperazine rings is 1. The molecule has 112 valence electrons. The second-order valence-electron chi connectivity index (χ2n) is 5.08. The van der Waals surface area contributed by atoms with E-state index in [2.05, 4.69) is 42.3 Å². The molecule has 20 heavy (non-hydrogen) atoms. The molecule has 0 saturated carbocycles. The Morgan fingerprint density at radius 3 is 2.55 bits per heavy atom. The van der Waals surface area contributed by atoms with E-state index in [0.29, 0.717) is 5.92 Å². The molecule has 0 amide bonds. The van der Waals surface area contributed by atoms with Crippen LogP contribution in [0, 0.1) is 0 Å². The van der Waals surface area contributed by atoms with Gasteiger partial charge in [0, 0.05) is 26.2 Å². The highest BCUT2D eigenvalue weighted by Gasteiger charge is 2.16. The third kappa shape index (κ3) is 3.37. The van der Waals surface area contributed by atoms with Crippen molar-refractivity contribution in [2.75, 3.05) is 31.1 Å². The average Bonchev–Trinajstić information content (AvgIpc) is 2.83. The molecule has 3 rings (SSSR count). The number of benzene rings is 1. The van der Waals surface area contributed by atoms with Crippen molar-refractivity contribution >= 4 is 51.5 Å². The van der Waals surface area contributed by atoms with Gasteiger partial charge in [-0.1, -0.05) is 37.3 Å². The van der Waals surface area contributed by atoms with Crippen molar-refractivity contribution in [3.05, 3.63) is 23.8 Å². The zero-order valence-electron chi connectivity index (χ0n) is 11.8. The first-order valence-electron chi connectivity index (χ1n) is 6.61. The Balaban J connectivity index is 0.000001000. The first-order valence-corrected chi connectivity index (χ1v) is 7.42. The summed E-state index contributed by atoms with van der Waals surface area (Å²) in [4.78, 5) is 7.27. The fraction of sp³-hybridized carbons (Fsp3) is 0.500. The topological polar surface area (TPSA) is 28.2 Å². The van der Waals surface area contributed by atoms with E-state index in [4.69, 9.17) is 4.98 Å². The van der Waals surface area contributed by atoms with E-state index in [1.807, 2.05) is 11.3 Å². The molecule has 0 bridgehead atoms. The molecular weight excluding hydrogens is 313 g/mol. The van der Waals surface area contributed by atoms with Crippen molar-refractivity contribution in [2.24, 2.45) is 0 Å². The predicted molar refractivity (Wildman–Crippen MR) is 93.3 cm³/mol. The van der Waals surface area contributed by atoms with Crippen LogP contribution in [0.4, 0.5) is 5.13 Å². The Morgan fingerprint density at radius 1 is 1.20 bits per heavy atom. The van der Waals surface area contributed by atoms with E-state index in [9.17, 15) is 0 Å². The van der Waals surface area contributed by atoms with Gasteiger partial charge in [0.05, 0.1) is 10.2 Å². The van der Waals surface area contributed by atoms with Crippen LogP contribution in [0.3, 0.4) is 0 Å². The number of anilines is 1. The molecule has 0 aliphatic carbocycles. The van der Waals surface area contributed by atoms with Crippen LogP contribution in [0.5, 0.6) is 0 Å². The molecule has 2 heterocycles. The molecule has 1 aliphatic heterocycles. The van der Waals surface area contributed by atoms with Crippen molar-refractivity contribution in [3.8, 4) is 0 Å². The third-order valence-electron chi connectivity index (χ3n) is 3.45. The van der Waals surface area contributed by atoms with Gasteiger partial charge in [-0.25, -0.2) is 4.98 Å². The minimum Gasteiger partial charge on any atom is -0.346 e. The van der Waals surface area contributed by atoms with Gasteiger partial charge in [0.2, 0.25) is 0 Å². The molecular formula is C14H21Cl2N3S. The zero-order valence-corrected chi connectivity index (χ0v) is 14.2. The number of nitrogens with zero attached hydrogens (tertiary/aromatic N) is 2. The van der Waals surface area contributed by atoms with Crippen molar-refractivity contribution in [1.82, 2.24) is 10.3 Å². The highest BCUT2D eigenvalue weighted by Crippen LogP contribution is 2.33. The Kier molecular flexibility index (Phi) is 6.52. The fourth-order valence-electron chi connectivity index (χ4n) is 2.42. The quantitative estimate of drug-likeness (QED) is 0.908. The van der Waals surface area contributed by atoms with Gasteiger partial charge < -0.3 is 10.2 Å². The summed E-state index contributed by atoms with van der Waals surface area (Å²) in [6.45, 7) is 8.73. The highest BCUT2D eigenvalue weighted by atomic mass is 35.5. The van der Waals surface area contributed by atoms with E-state index in [0.717, 1.165) is 26.2 Å². The lowest BCUT2D eigenvalue weighted by molar-refractivity contribution is 0.588. The van der Waals surface area contributed by atoms with Gasteiger partial charge in [0.15, 0.2) is 5.13 Å². The molecule has 3 nitrogen and oxygen atoms in total. The van der Waals surface area contributed by atoms with E-state index >= 15 is 0 Å². The normalized spacial score (nSPS) is 15.1. The summed E-state index contributed by atoms with van der Waals surface area (Å²) >= 11 is 1.82. The molecule has 1 aliphatic rings. The van der Waals surface area contributed by atoms with Crippen molar-refractivity contribution in [3.63, 3.8) is 0 Å². The first kappa shape index (κ1) is 17.5. The van der Waals surface area contributed by atoms with Crippen LogP contribution >= 0.6 is 36.2 Å². The minimum absolute atomic E-state index is 0. The molecule has 0 unspecified atom stereocenters. The van der Waals surface area contributed by atoms with Gasteiger partial charge in [-0.3, -0.25) is 0 Å². The van der Waals surface area contributed by atoms with Crippen LogP contribution in [0.1, 0.15) is 25.3 Å².